The smallest absolute Gasteiger partial charge is 0.356 e. The molecule has 0 aliphatic carbocycles. The van der Waals surface area contributed by atoms with Gasteiger partial charge in [0.05, 0.1) is 31.8 Å². The molecular weight excluding hydrogens is 510 g/mol. The second-order valence-corrected chi connectivity index (χ2v) is 8.64. The van der Waals surface area contributed by atoms with Gasteiger partial charge in [0.2, 0.25) is 5.91 Å². The van der Waals surface area contributed by atoms with E-state index in [2.05, 4.69) is 15.6 Å². The summed E-state index contributed by atoms with van der Waals surface area (Å²) in [5, 5.41) is 6.37. The van der Waals surface area contributed by atoms with E-state index in [4.69, 9.17) is 14.2 Å². The summed E-state index contributed by atoms with van der Waals surface area (Å²) in [6, 6.07) is 12.9. The van der Waals surface area contributed by atoms with Gasteiger partial charge in [-0.15, -0.1) is 0 Å². The van der Waals surface area contributed by atoms with Crippen LogP contribution in [-0.4, -0.2) is 49.4 Å². The maximum absolute atomic E-state index is 13.6. The third kappa shape index (κ3) is 6.32. The van der Waals surface area contributed by atoms with E-state index in [0.717, 1.165) is 23.4 Å². The van der Waals surface area contributed by atoms with E-state index in [1.165, 1.54) is 20.3 Å². The Labute approximate surface area is 223 Å². The maximum atomic E-state index is 13.6. The zero-order chi connectivity index (χ0) is 27.9. The summed E-state index contributed by atoms with van der Waals surface area (Å²) in [6.07, 6.45) is 2.12. The van der Waals surface area contributed by atoms with Crippen molar-refractivity contribution in [3.63, 3.8) is 0 Å². The van der Waals surface area contributed by atoms with E-state index in [1.54, 1.807) is 23.9 Å². The molecule has 0 saturated heterocycles. The van der Waals surface area contributed by atoms with E-state index < -0.39 is 23.5 Å². The number of carbonyl (C=O) groups is 2. The van der Waals surface area contributed by atoms with Crippen molar-refractivity contribution in [2.75, 3.05) is 38.6 Å². The van der Waals surface area contributed by atoms with E-state index >= 15 is 0 Å². The summed E-state index contributed by atoms with van der Waals surface area (Å²) in [7, 11) is 4.24. The van der Waals surface area contributed by atoms with Crippen LogP contribution in [0.4, 0.5) is 20.2 Å². The molecule has 0 bridgehead atoms. The van der Waals surface area contributed by atoms with Gasteiger partial charge < -0.3 is 29.4 Å². The average molecular weight is 539 g/mol. The first kappa shape index (κ1) is 27.5. The third-order valence-electron chi connectivity index (χ3n) is 6.08. The van der Waals surface area contributed by atoms with Gasteiger partial charge in [-0.1, -0.05) is 18.2 Å². The van der Waals surface area contributed by atoms with Crippen molar-refractivity contribution in [2.45, 2.75) is 19.5 Å². The number of esters is 1. The Morgan fingerprint density at radius 2 is 1.72 bits per heavy atom. The second kappa shape index (κ2) is 12.4. The molecule has 1 amide bonds. The van der Waals surface area contributed by atoms with Gasteiger partial charge >= 0.3 is 5.97 Å². The molecule has 11 heteroatoms. The molecule has 0 unspecified atom stereocenters. The Bertz CT molecular complexity index is 1490. The molecule has 2 aromatic heterocycles. The number of rotatable bonds is 11. The van der Waals surface area contributed by atoms with Crippen LogP contribution in [0.1, 0.15) is 21.6 Å². The number of aromatic nitrogens is 2. The minimum atomic E-state index is -0.942. The number of nitrogens with zero attached hydrogens (tertiary/aromatic N) is 2. The highest BCUT2D eigenvalue weighted by molar-refractivity contribution is 6.11. The topological polar surface area (TPSA) is 104 Å². The first-order chi connectivity index (χ1) is 18.8. The summed E-state index contributed by atoms with van der Waals surface area (Å²) in [6.45, 7) is 0.334. The number of benzene rings is 2. The number of ether oxygens (including phenoxy) is 3. The highest BCUT2D eigenvalue weighted by Crippen LogP contribution is 2.33. The van der Waals surface area contributed by atoms with Crippen LogP contribution in [0.5, 0.6) is 5.75 Å². The number of hydrogen-bond acceptors (Lipinski definition) is 7. The number of aryl methyl sites for hydroxylation is 2. The molecule has 0 atom stereocenters. The Morgan fingerprint density at radius 3 is 2.38 bits per heavy atom. The molecule has 2 heterocycles. The lowest BCUT2D eigenvalue weighted by molar-refractivity contribution is -0.119. The van der Waals surface area contributed by atoms with Crippen LogP contribution >= 0.6 is 0 Å². The third-order valence-corrected chi connectivity index (χ3v) is 6.08. The van der Waals surface area contributed by atoms with Crippen molar-refractivity contribution < 1.29 is 32.6 Å². The zero-order valence-electron chi connectivity index (χ0n) is 21.7. The second-order valence-electron chi connectivity index (χ2n) is 8.64. The summed E-state index contributed by atoms with van der Waals surface area (Å²) in [5.41, 5.74) is 2.89. The Hall–Kier alpha value is -4.51. The van der Waals surface area contributed by atoms with Crippen molar-refractivity contribution in [3.8, 4) is 5.75 Å². The summed E-state index contributed by atoms with van der Waals surface area (Å²) < 4.78 is 43.8. The lowest BCUT2D eigenvalue weighted by Gasteiger charge is -2.11. The molecule has 204 valence electrons. The van der Waals surface area contributed by atoms with Gasteiger partial charge in [-0.25, -0.2) is 18.6 Å². The van der Waals surface area contributed by atoms with Gasteiger partial charge in [-0.3, -0.25) is 4.79 Å². The Morgan fingerprint density at radius 1 is 0.974 bits per heavy atom. The maximum Gasteiger partial charge on any atom is 0.356 e. The molecule has 9 nitrogen and oxygen atoms in total. The molecule has 0 fully saturated rings. The molecule has 2 aromatic carbocycles. The van der Waals surface area contributed by atoms with E-state index in [-0.39, 0.29) is 24.5 Å². The monoisotopic (exact) mass is 538 g/mol. The van der Waals surface area contributed by atoms with Crippen LogP contribution < -0.4 is 15.4 Å². The quantitative estimate of drug-likeness (QED) is 0.270. The fourth-order valence-electron chi connectivity index (χ4n) is 4.17. The largest absolute Gasteiger partial charge is 0.497 e. The SMILES string of the molecule is COCC(=O)Nc1c(C(=O)OC)n(CCc2ccc(OC)cc2)c2ncc(NCc3ccc(F)c(F)c3)cc12. The Balaban J connectivity index is 1.72. The van der Waals surface area contributed by atoms with E-state index in [0.29, 0.717) is 35.2 Å². The van der Waals surface area contributed by atoms with Crippen molar-refractivity contribution in [3.05, 3.63) is 83.2 Å². The van der Waals surface area contributed by atoms with Crippen LogP contribution in [0.3, 0.4) is 0 Å². The van der Waals surface area contributed by atoms with Gasteiger partial charge in [-0.2, -0.15) is 0 Å². The van der Waals surface area contributed by atoms with Gasteiger partial charge in [0.1, 0.15) is 18.0 Å². The number of methoxy groups -OCH3 is 3. The number of amides is 1. The lowest BCUT2D eigenvalue weighted by atomic mass is 10.1. The molecule has 39 heavy (non-hydrogen) atoms. The predicted octanol–water partition coefficient (Wildman–Crippen LogP) is 4.55. The first-order valence-corrected chi connectivity index (χ1v) is 12.0. The number of hydrogen-bond donors (Lipinski definition) is 2. The van der Waals surface area contributed by atoms with Crippen molar-refractivity contribution in [1.82, 2.24) is 9.55 Å². The van der Waals surface area contributed by atoms with Crippen LogP contribution in [-0.2, 0) is 33.8 Å². The summed E-state index contributed by atoms with van der Waals surface area (Å²) in [4.78, 5) is 30.0. The van der Waals surface area contributed by atoms with Gasteiger partial charge in [-0.05, 0) is 47.9 Å². The number of fused-ring (bicyclic) bond motifs is 1. The zero-order valence-corrected chi connectivity index (χ0v) is 21.7. The fourth-order valence-corrected chi connectivity index (χ4v) is 4.17. The van der Waals surface area contributed by atoms with Crippen LogP contribution in [0.25, 0.3) is 11.0 Å². The number of pyridine rings is 1. The molecule has 0 aliphatic rings. The minimum absolute atomic E-state index is 0.135. The number of anilines is 2. The van der Waals surface area contributed by atoms with Gasteiger partial charge in [0, 0.05) is 25.6 Å². The van der Waals surface area contributed by atoms with Gasteiger partial charge in [0.15, 0.2) is 17.3 Å². The molecular formula is C28H28F2N4O5. The highest BCUT2D eigenvalue weighted by atomic mass is 19.2. The van der Waals surface area contributed by atoms with Crippen molar-refractivity contribution in [2.24, 2.45) is 0 Å². The molecule has 4 rings (SSSR count). The van der Waals surface area contributed by atoms with E-state index in [1.807, 2.05) is 24.3 Å². The molecule has 0 radical (unpaired) electrons. The van der Waals surface area contributed by atoms with Crippen LogP contribution in [0.2, 0.25) is 0 Å². The summed E-state index contributed by atoms with van der Waals surface area (Å²) >= 11 is 0. The van der Waals surface area contributed by atoms with Crippen molar-refractivity contribution in [1.29, 1.82) is 0 Å². The molecule has 0 aliphatic heterocycles. The fraction of sp³-hybridized carbons (Fsp3) is 0.250. The Kier molecular flexibility index (Phi) is 8.72. The number of halogens is 2. The van der Waals surface area contributed by atoms with Crippen LogP contribution in [0, 0.1) is 11.6 Å². The molecule has 0 spiro atoms. The number of nitrogens with one attached hydrogen (secondary N) is 2. The predicted molar refractivity (Wildman–Crippen MR) is 142 cm³/mol. The number of carbonyl (C=O) groups excluding carboxylic acids is 2. The average Bonchev–Trinajstić information content (AvgIpc) is 3.24. The highest BCUT2D eigenvalue weighted by Gasteiger charge is 2.26. The standard InChI is InChI=1S/C28H28F2N4O5/c1-37-16-24(35)33-25-21-13-19(31-14-18-6-9-22(29)23(30)12-18)15-32-27(21)34(26(25)28(36)39-3)11-10-17-4-7-20(38-2)8-5-17/h4-9,12-13,15,31H,10-11,14,16H2,1-3H3,(H,33,35). The summed E-state index contributed by atoms with van der Waals surface area (Å²) in [5.74, 6) is -2.25. The molecule has 2 N–H and O–H groups in total. The molecule has 4 aromatic rings. The normalized spacial score (nSPS) is 10.9. The first-order valence-electron chi connectivity index (χ1n) is 12.0. The lowest BCUT2D eigenvalue weighted by Crippen LogP contribution is -2.20. The van der Waals surface area contributed by atoms with E-state index in [9.17, 15) is 18.4 Å². The minimum Gasteiger partial charge on any atom is -0.497 e. The van der Waals surface area contributed by atoms with Crippen molar-refractivity contribution >= 4 is 34.3 Å². The van der Waals surface area contributed by atoms with Gasteiger partial charge in [0.25, 0.3) is 0 Å². The molecule has 0 saturated carbocycles. The van der Waals surface area contributed by atoms with Crippen LogP contribution in [0.15, 0.2) is 54.7 Å².